The third-order valence-corrected chi connectivity index (χ3v) is 3.18. The van der Waals surface area contributed by atoms with E-state index in [9.17, 15) is 5.11 Å². The minimum absolute atomic E-state index is 0.538. The van der Waals surface area contributed by atoms with E-state index in [2.05, 4.69) is 30.1 Å². The van der Waals surface area contributed by atoms with E-state index in [-0.39, 0.29) is 0 Å². The summed E-state index contributed by atoms with van der Waals surface area (Å²) in [4.78, 5) is 0. The first kappa shape index (κ1) is 12.8. The maximum Gasteiger partial charge on any atom is 0.101 e. The van der Waals surface area contributed by atoms with Crippen molar-refractivity contribution in [2.75, 3.05) is 0 Å². The average molecular weight is 248 g/mol. The Labute approximate surface area is 107 Å². The van der Waals surface area contributed by atoms with Gasteiger partial charge >= 0.3 is 0 Å². The highest BCUT2D eigenvalue weighted by Crippen LogP contribution is 2.18. The monoisotopic (exact) mass is 248 g/mol. The smallest absolute Gasteiger partial charge is 0.101 e. The van der Waals surface area contributed by atoms with Gasteiger partial charge in [0.2, 0.25) is 0 Å². The van der Waals surface area contributed by atoms with E-state index in [1.807, 2.05) is 17.8 Å². The molecule has 0 saturated carbocycles. The number of nitrogens with zero attached hydrogens (tertiary/aromatic N) is 4. The van der Waals surface area contributed by atoms with Gasteiger partial charge in [-0.2, -0.15) is 10.2 Å². The summed E-state index contributed by atoms with van der Waals surface area (Å²) in [6.45, 7) is 4.98. The minimum atomic E-state index is -0.538. The second-order valence-corrected chi connectivity index (χ2v) is 4.40. The molecule has 0 aliphatic heterocycles. The topological polar surface area (TPSA) is 55.9 Å². The molecule has 0 spiro atoms. The fraction of sp³-hybridized carbons (Fsp3) is 0.538. The van der Waals surface area contributed by atoms with Crippen molar-refractivity contribution in [2.24, 2.45) is 7.05 Å². The van der Waals surface area contributed by atoms with E-state index >= 15 is 0 Å². The number of hydrogen-bond acceptors (Lipinski definition) is 3. The van der Waals surface area contributed by atoms with Gasteiger partial charge in [0.1, 0.15) is 6.10 Å². The summed E-state index contributed by atoms with van der Waals surface area (Å²) in [5.41, 5.74) is 2.98. The Morgan fingerprint density at radius 3 is 2.72 bits per heavy atom. The molecule has 2 aromatic rings. The van der Waals surface area contributed by atoms with E-state index in [0.29, 0.717) is 6.42 Å². The predicted molar refractivity (Wildman–Crippen MR) is 69.2 cm³/mol. The van der Waals surface area contributed by atoms with Crippen molar-refractivity contribution in [2.45, 2.75) is 39.3 Å². The Hall–Kier alpha value is -1.62. The summed E-state index contributed by atoms with van der Waals surface area (Å²) in [5, 5.41) is 18.8. The number of aromatic nitrogens is 4. The maximum atomic E-state index is 10.2. The molecule has 18 heavy (non-hydrogen) atoms. The highest BCUT2D eigenvalue weighted by molar-refractivity contribution is 5.14. The summed E-state index contributed by atoms with van der Waals surface area (Å²) >= 11 is 0. The molecule has 0 fully saturated rings. The summed E-state index contributed by atoms with van der Waals surface area (Å²) in [5.74, 6) is 0. The molecule has 2 aromatic heterocycles. The number of rotatable bonds is 5. The Balaban J connectivity index is 2.18. The van der Waals surface area contributed by atoms with Crippen molar-refractivity contribution in [3.8, 4) is 0 Å². The molecule has 1 N–H and O–H groups in total. The van der Waals surface area contributed by atoms with Crippen molar-refractivity contribution in [3.05, 3.63) is 35.4 Å². The molecular weight excluding hydrogens is 228 g/mol. The molecule has 5 nitrogen and oxygen atoms in total. The normalized spacial score (nSPS) is 12.9. The van der Waals surface area contributed by atoms with Crippen LogP contribution in [0.25, 0.3) is 0 Å². The molecule has 0 saturated heterocycles. The Bertz CT molecular complexity index is 515. The zero-order chi connectivity index (χ0) is 13.1. The van der Waals surface area contributed by atoms with Crippen LogP contribution in [-0.2, 0) is 26.4 Å². The summed E-state index contributed by atoms with van der Waals surface area (Å²) in [6.07, 6.45) is 2.65. The molecule has 5 heteroatoms. The fourth-order valence-corrected chi connectivity index (χ4v) is 2.14. The van der Waals surface area contributed by atoms with Crippen LogP contribution in [0.4, 0.5) is 0 Å². The van der Waals surface area contributed by atoms with Crippen LogP contribution in [0.2, 0.25) is 0 Å². The van der Waals surface area contributed by atoms with Crippen LogP contribution in [0, 0.1) is 0 Å². The Kier molecular flexibility index (Phi) is 3.81. The molecule has 0 aromatic carbocycles. The van der Waals surface area contributed by atoms with Crippen molar-refractivity contribution in [1.29, 1.82) is 0 Å². The van der Waals surface area contributed by atoms with Crippen LogP contribution in [0.15, 0.2) is 18.3 Å². The van der Waals surface area contributed by atoms with Gasteiger partial charge in [-0.15, -0.1) is 0 Å². The molecule has 98 valence electrons. The van der Waals surface area contributed by atoms with Crippen LogP contribution < -0.4 is 0 Å². The Morgan fingerprint density at radius 2 is 2.17 bits per heavy atom. The number of aliphatic hydroxyl groups excluding tert-OH is 1. The van der Waals surface area contributed by atoms with Gasteiger partial charge in [0.15, 0.2) is 0 Å². The van der Waals surface area contributed by atoms with Crippen molar-refractivity contribution < 1.29 is 5.11 Å². The molecule has 1 unspecified atom stereocenters. The molecule has 0 bridgehead atoms. The third kappa shape index (κ3) is 2.46. The molecule has 1 atom stereocenters. The second-order valence-electron chi connectivity index (χ2n) is 4.40. The van der Waals surface area contributed by atoms with Crippen LogP contribution in [0.3, 0.4) is 0 Å². The largest absolute Gasteiger partial charge is 0.386 e. The van der Waals surface area contributed by atoms with Gasteiger partial charge < -0.3 is 5.11 Å². The SMILES string of the molecule is CCc1cc(CC(O)c2ccnn2C)n(CC)n1. The molecule has 2 heterocycles. The number of aryl methyl sites for hydroxylation is 3. The summed E-state index contributed by atoms with van der Waals surface area (Å²) in [7, 11) is 1.84. The fourth-order valence-electron chi connectivity index (χ4n) is 2.14. The predicted octanol–water partition coefficient (Wildman–Crippen LogP) is 1.47. The van der Waals surface area contributed by atoms with Gasteiger partial charge in [-0.1, -0.05) is 6.92 Å². The average Bonchev–Trinajstić information content (AvgIpc) is 2.95. The van der Waals surface area contributed by atoms with Gasteiger partial charge in [-0.05, 0) is 25.5 Å². The van der Waals surface area contributed by atoms with Crippen molar-refractivity contribution >= 4 is 0 Å². The molecule has 0 amide bonds. The van der Waals surface area contributed by atoms with Crippen LogP contribution in [-0.4, -0.2) is 24.7 Å². The first-order chi connectivity index (χ1) is 8.65. The molecule has 2 rings (SSSR count). The van der Waals surface area contributed by atoms with E-state index in [4.69, 9.17) is 0 Å². The summed E-state index contributed by atoms with van der Waals surface area (Å²) < 4.78 is 3.66. The number of hydrogen-bond donors (Lipinski definition) is 1. The molecule has 0 aliphatic carbocycles. The van der Waals surface area contributed by atoms with E-state index < -0.39 is 6.10 Å². The quantitative estimate of drug-likeness (QED) is 0.872. The lowest BCUT2D eigenvalue weighted by atomic mass is 10.1. The maximum absolute atomic E-state index is 10.2. The number of aliphatic hydroxyl groups is 1. The van der Waals surface area contributed by atoms with Gasteiger partial charge in [-0.3, -0.25) is 9.36 Å². The third-order valence-electron chi connectivity index (χ3n) is 3.18. The lowest BCUT2D eigenvalue weighted by molar-refractivity contribution is 0.165. The first-order valence-electron chi connectivity index (χ1n) is 6.37. The van der Waals surface area contributed by atoms with Crippen LogP contribution >= 0.6 is 0 Å². The Morgan fingerprint density at radius 1 is 1.39 bits per heavy atom. The highest BCUT2D eigenvalue weighted by atomic mass is 16.3. The van der Waals surface area contributed by atoms with E-state index in [1.54, 1.807) is 10.9 Å². The highest BCUT2D eigenvalue weighted by Gasteiger charge is 2.15. The van der Waals surface area contributed by atoms with Crippen LogP contribution in [0.5, 0.6) is 0 Å². The standard InChI is InChI=1S/C13H20N4O/c1-4-10-8-11(17(5-2)15-10)9-13(18)12-6-7-14-16(12)3/h6-8,13,18H,4-5,9H2,1-3H3. The van der Waals surface area contributed by atoms with E-state index in [0.717, 1.165) is 30.0 Å². The van der Waals surface area contributed by atoms with Crippen molar-refractivity contribution in [3.63, 3.8) is 0 Å². The van der Waals surface area contributed by atoms with Crippen LogP contribution in [0.1, 0.15) is 37.0 Å². The molecular formula is C13H20N4O. The van der Waals surface area contributed by atoms with Gasteiger partial charge in [0.05, 0.1) is 11.4 Å². The van der Waals surface area contributed by atoms with Gasteiger partial charge in [0.25, 0.3) is 0 Å². The first-order valence-corrected chi connectivity index (χ1v) is 6.37. The van der Waals surface area contributed by atoms with E-state index in [1.165, 1.54) is 0 Å². The zero-order valence-electron chi connectivity index (χ0n) is 11.2. The summed E-state index contributed by atoms with van der Waals surface area (Å²) in [6, 6.07) is 3.92. The lowest BCUT2D eigenvalue weighted by Crippen LogP contribution is -2.11. The second kappa shape index (κ2) is 5.35. The lowest BCUT2D eigenvalue weighted by Gasteiger charge is -2.11. The van der Waals surface area contributed by atoms with Gasteiger partial charge in [0, 0.05) is 31.9 Å². The molecule has 0 radical (unpaired) electrons. The van der Waals surface area contributed by atoms with Gasteiger partial charge in [-0.25, -0.2) is 0 Å². The minimum Gasteiger partial charge on any atom is -0.386 e. The van der Waals surface area contributed by atoms with Crippen molar-refractivity contribution in [1.82, 2.24) is 19.6 Å². The zero-order valence-corrected chi connectivity index (χ0v) is 11.2. The molecule has 0 aliphatic rings.